The van der Waals surface area contributed by atoms with E-state index < -0.39 is 5.60 Å². The third kappa shape index (κ3) is 2.16. The van der Waals surface area contributed by atoms with Crippen LogP contribution in [0, 0.1) is 5.92 Å². The maximum atomic E-state index is 11.3. The fourth-order valence-electron chi connectivity index (χ4n) is 3.17. The van der Waals surface area contributed by atoms with Crippen molar-refractivity contribution in [2.75, 3.05) is 0 Å². The molecule has 2 aromatic rings. The van der Waals surface area contributed by atoms with E-state index >= 15 is 0 Å². The van der Waals surface area contributed by atoms with Gasteiger partial charge in [-0.3, -0.25) is 5.10 Å². The van der Waals surface area contributed by atoms with Gasteiger partial charge in [0, 0.05) is 0 Å². The average molecular weight is 257 g/mol. The average Bonchev–Trinajstić information content (AvgIpc) is 3.03. The summed E-state index contributed by atoms with van der Waals surface area (Å²) in [6.45, 7) is 0. The van der Waals surface area contributed by atoms with Crippen LogP contribution < -0.4 is 0 Å². The summed E-state index contributed by atoms with van der Waals surface area (Å²) in [5.41, 5.74) is -0.142. The van der Waals surface area contributed by atoms with Crippen LogP contribution in [-0.4, -0.2) is 20.3 Å². The van der Waals surface area contributed by atoms with Gasteiger partial charge in [-0.05, 0) is 24.3 Å². The molecular formula is C15H19N3O. The quantitative estimate of drug-likeness (QED) is 0.888. The lowest BCUT2D eigenvalue weighted by Crippen LogP contribution is -2.38. The summed E-state index contributed by atoms with van der Waals surface area (Å²) in [6.07, 6.45) is 7.14. The van der Waals surface area contributed by atoms with E-state index in [0.717, 1.165) is 18.4 Å². The molecule has 0 spiro atoms. The Bertz CT molecular complexity index is 505. The highest BCUT2D eigenvalue weighted by atomic mass is 16.3. The second-order valence-corrected chi connectivity index (χ2v) is 5.30. The normalized spacial score (nSPS) is 20.1. The zero-order valence-corrected chi connectivity index (χ0v) is 10.9. The van der Waals surface area contributed by atoms with Crippen molar-refractivity contribution in [3.8, 4) is 0 Å². The minimum atomic E-state index is -1.04. The molecule has 0 aliphatic heterocycles. The fourth-order valence-corrected chi connectivity index (χ4v) is 3.17. The summed E-state index contributed by atoms with van der Waals surface area (Å²) >= 11 is 0. The van der Waals surface area contributed by atoms with Crippen LogP contribution in [0.25, 0.3) is 0 Å². The molecule has 19 heavy (non-hydrogen) atoms. The molecule has 1 atom stereocenters. The van der Waals surface area contributed by atoms with Gasteiger partial charge in [-0.25, -0.2) is 4.98 Å². The summed E-state index contributed by atoms with van der Waals surface area (Å²) < 4.78 is 0. The standard InChI is InChI=1S/C15H19N3O/c19-15(14-16-11-17-18-14,12-7-3-1-4-8-12)13-9-5-2-6-10-13/h1,3-4,7-8,11,13,19H,2,5-6,9-10H2,(H,16,17,18)/t15-/m0/s1. The highest BCUT2D eigenvalue weighted by molar-refractivity contribution is 5.30. The molecule has 1 fully saturated rings. The minimum Gasteiger partial charge on any atom is -0.377 e. The number of hydrogen-bond donors (Lipinski definition) is 2. The number of aliphatic hydroxyl groups is 1. The second-order valence-electron chi connectivity index (χ2n) is 5.30. The lowest BCUT2D eigenvalue weighted by atomic mass is 9.73. The highest BCUT2D eigenvalue weighted by Gasteiger charge is 2.42. The van der Waals surface area contributed by atoms with E-state index in [1.807, 2.05) is 30.3 Å². The van der Waals surface area contributed by atoms with Crippen LogP contribution in [0.3, 0.4) is 0 Å². The van der Waals surface area contributed by atoms with E-state index in [-0.39, 0.29) is 5.92 Å². The second kappa shape index (κ2) is 5.13. The summed E-state index contributed by atoms with van der Waals surface area (Å²) in [6, 6.07) is 9.82. The van der Waals surface area contributed by atoms with E-state index in [4.69, 9.17) is 0 Å². The number of hydrogen-bond acceptors (Lipinski definition) is 3. The SMILES string of the molecule is O[C@](c1ccccc1)(c1ncn[nH]1)C1CCCCC1. The monoisotopic (exact) mass is 257 g/mol. The highest BCUT2D eigenvalue weighted by Crippen LogP contribution is 2.42. The van der Waals surface area contributed by atoms with Gasteiger partial charge in [0.2, 0.25) is 0 Å². The number of rotatable bonds is 3. The van der Waals surface area contributed by atoms with Gasteiger partial charge in [-0.1, -0.05) is 49.6 Å². The van der Waals surface area contributed by atoms with Crippen molar-refractivity contribution in [2.24, 2.45) is 5.92 Å². The van der Waals surface area contributed by atoms with Crippen molar-refractivity contribution in [2.45, 2.75) is 37.7 Å². The smallest absolute Gasteiger partial charge is 0.161 e. The molecule has 1 aliphatic rings. The van der Waals surface area contributed by atoms with Crippen LogP contribution >= 0.6 is 0 Å². The Morgan fingerprint density at radius 1 is 1.11 bits per heavy atom. The Balaban J connectivity index is 2.05. The number of nitrogens with zero attached hydrogens (tertiary/aromatic N) is 2. The number of H-pyrrole nitrogens is 1. The predicted molar refractivity (Wildman–Crippen MR) is 72.4 cm³/mol. The maximum Gasteiger partial charge on any atom is 0.161 e. The number of aromatic nitrogens is 3. The van der Waals surface area contributed by atoms with Gasteiger partial charge in [0.05, 0.1) is 0 Å². The Kier molecular flexibility index (Phi) is 3.34. The minimum absolute atomic E-state index is 0.205. The van der Waals surface area contributed by atoms with Crippen LogP contribution in [0.5, 0.6) is 0 Å². The van der Waals surface area contributed by atoms with E-state index in [2.05, 4.69) is 15.2 Å². The molecular weight excluding hydrogens is 238 g/mol. The molecule has 1 aromatic carbocycles. The topological polar surface area (TPSA) is 61.8 Å². The lowest BCUT2D eigenvalue weighted by Gasteiger charge is -2.37. The molecule has 1 aromatic heterocycles. The zero-order valence-electron chi connectivity index (χ0n) is 10.9. The lowest BCUT2D eigenvalue weighted by molar-refractivity contribution is -0.00813. The predicted octanol–water partition coefficient (Wildman–Crippen LogP) is 2.62. The van der Waals surface area contributed by atoms with Gasteiger partial charge in [0.15, 0.2) is 11.4 Å². The zero-order chi connectivity index (χ0) is 13.1. The van der Waals surface area contributed by atoms with Crippen molar-refractivity contribution in [3.05, 3.63) is 48.0 Å². The van der Waals surface area contributed by atoms with Crippen LogP contribution in [0.1, 0.15) is 43.5 Å². The van der Waals surface area contributed by atoms with Crippen LogP contribution in [-0.2, 0) is 5.60 Å². The summed E-state index contributed by atoms with van der Waals surface area (Å²) in [5, 5.41) is 18.1. The van der Waals surface area contributed by atoms with Crippen molar-refractivity contribution in [1.82, 2.24) is 15.2 Å². The number of nitrogens with one attached hydrogen (secondary N) is 1. The van der Waals surface area contributed by atoms with E-state index in [0.29, 0.717) is 5.82 Å². The Hall–Kier alpha value is -1.68. The van der Waals surface area contributed by atoms with E-state index in [9.17, 15) is 5.11 Å². The van der Waals surface area contributed by atoms with Gasteiger partial charge in [-0.15, -0.1) is 0 Å². The maximum absolute atomic E-state index is 11.3. The first-order valence-electron chi connectivity index (χ1n) is 6.95. The third-order valence-electron chi connectivity index (χ3n) is 4.19. The summed E-state index contributed by atoms with van der Waals surface area (Å²) in [7, 11) is 0. The molecule has 1 aliphatic carbocycles. The van der Waals surface area contributed by atoms with Gasteiger partial charge in [0.1, 0.15) is 6.33 Å². The molecule has 1 saturated carbocycles. The Labute approximate surface area is 112 Å². The molecule has 0 saturated heterocycles. The molecule has 0 bridgehead atoms. The largest absolute Gasteiger partial charge is 0.377 e. The molecule has 1 heterocycles. The first-order chi connectivity index (χ1) is 9.32. The molecule has 0 unspecified atom stereocenters. The first kappa shape index (κ1) is 12.4. The fraction of sp³-hybridized carbons (Fsp3) is 0.467. The molecule has 4 nitrogen and oxygen atoms in total. The van der Waals surface area contributed by atoms with Crippen molar-refractivity contribution in [3.63, 3.8) is 0 Å². The molecule has 2 N–H and O–H groups in total. The molecule has 0 amide bonds. The van der Waals surface area contributed by atoms with Crippen LogP contribution in [0.2, 0.25) is 0 Å². The number of benzene rings is 1. The van der Waals surface area contributed by atoms with Crippen LogP contribution in [0.4, 0.5) is 0 Å². The van der Waals surface area contributed by atoms with Gasteiger partial charge in [-0.2, -0.15) is 5.10 Å². The molecule has 4 heteroatoms. The van der Waals surface area contributed by atoms with Gasteiger partial charge < -0.3 is 5.11 Å². The summed E-state index contributed by atoms with van der Waals surface area (Å²) in [4.78, 5) is 4.22. The molecule has 100 valence electrons. The van der Waals surface area contributed by atoms with E-state index in [1.54, 1.807) is 0 Å². The van der Waals surface area contributed by atoms with Crippen molar-refractivity contribution < 1.29 is 5.11 Å². The molecule has 0 radical (unpaired) electrons. The van der Waals surface area contributed by atoms with Gasteiger partial charge in [0.25, 0.3) is 0 Å². The molecule has 3 rings (SSSR count). The van der Waals surface area contributed by atoms with Gasteiger partial charge >= 0.3 is 0 Å². The Morgan fingerprint density at radius 2 is 1.84 bits per heavy atom. The van der Waals surface area contributed by atoms with Crippen LogP contribution in [0.15, 0.2) is 36.7 Å². The number of aromatic amines is 1. The van der Waals surface area contributed by atoms with Crippen molar-refractivity contribution in [1.29, 1.82) is 0 Å². The van der Waals surface area contributed by atoms with E-state index in [1.165, 1.54) is 25.6 Å². The summed E-state index contributed by atoms with van der Waals surface area (Å²) in [5.74, 6) is 0.766. The Morgan fingerprint density at radius 3 is 2.47 bits per heavy atom. The van der Waals surface area contributed by atoms with Crippen molar-refractivity contribution >= 4 is 0 Å². The third-order valence-corrected chi connectivity index (χ3v) is 4.19. The first-order valence-corrected chi connectivity index (χ1v) is 6.95.